The van der Waals surface area contributed by atoms with Gasteiger partial charge in [0.15, 0.2) is 0 Å². The SMILES string of the molecule is C1C[C@H]2C[C@H]1[C@@]13O[C@@H]1C[C@H]1O[C@@]213. The summed E-state index contributed by atoms with van der Waals surface area (Å²) in [6.45, 7) is 0. The van der Waals surface area contributed by atoms with Gasteiger partial charge in [-0.15, -0.1) is 0 Å². The Balaban J connectivity index is 1.81. The van der Waals surface area contributed by atoms with Crippen LogP contribution in [0.15, 0.2) is 0 Å². The zero-order valence-electron chi connectivity index (χ0n) is 6.95. The topological polar surface area (TPSA) is 25.1 Å². The monoisotopic (exact) mass is 164 g/mol. The van der Waals surface area contributed by atoms with Crippen molar-refractivity contribution in [3.8, 4) is 0 Å². The summed E-state index contributed by atoms with van der Waals surface area (Å²) in [5.41, 5.74) is 0.557. The van der Waals surface area contributed by atoms with Crippen LogP contribution < -0.4 is 0 Å². The lowest BCUT2D eigenvalue weighted by molar-refractivity contribution is 0.100. The van der Waals surface area contributed by atoms with Crippen molar-refractivity contribution in [3.05, 3.63) is 0 Å². The van der Waals surface area contributed by atoms with Gasteiger partial charge in [-0.25, -0.2) is 0 Å². The van der Waals surface area contributed by atoms with E-state index in [9.17, 15) is 0 Å². The van der Waals surface area contributed by atoms with E-state index in [1.807, 2.05) is 0 Å². The summed E-state index contributed by atoms with van der Waals surface area (Å²) >= 11 is 0. The Morgan fingerprint density at radius 2 is 1.42 bits per heavy atom. The largest absolute Gasteiger partial charge is 0.362 e. The molecule has 0 radical (unpaired) electrons. The molecule has 12 heavy (non-hydrogen) atoms. The van der Waals surface area contributed by atoms with Gasteiger partial charge in [-0.3, -0.25) is 0 Å². The van der Waals surface area contributed by atoms with Crippen molar-refractivity contribution >= 4 is 0 Å². The fraction of sp³-hybridized carbons (Fsp3) is 1.00. The van der Waals surface area contributed by atoms with Crippen LogP contribution in [0.4, 0.5) is 0 Å². The predicted molar refractivity (Wildman–Crippen MR) is 40.7 cm³/mol. The Morgan fingerprint density at radius 1 is 0.833 bits per heavy atom. The average Bonchev–Trinajstić information content (AvgIpc) is 2.84. The minimum Gasteiger partial charge on any atom is -0.362 e. The normalized spacial score (nSPS) is 80.0. The molecule has 0 N–H and O–H groups in total. The van der Waals surface area contributed by atoms with Gasteiger partial charge >= 0.3 is 0 Å². The van der Waals surface area contributed by atoms with E-state index in [4.69, 9.17) is 9.47 Å². The minimum atomic E-state index is 0.278. The van der Waals surface area contributed by atoms with Gasteiger partial charge in [-0.1, -0.05) is 0 Å². The third-order valence-electron chi connectivity index (χ3n) is 5.20. The van der Waals surface area contributed by atoms with Crippen molar-refractivity contribution < 1.29 is 9.47 Å². The van der Waals surface area contributed by atoms with Crippen LogP contribution in [-0.2, 0) is 9.47 Å². The van der Waals surface area contributed by atoms with Crippen molar-refractivity contribution in [2.75, 3.05) is 0 Å². The minimum absolute atomic E-state index is 0.278. The van der Waals surface area contributed by atoms with Crippen LogP contribution in [0.2, 0.25) is 0 Å². The third-order valence-corrected chi connectivity index (χ3v) is 5.20. The summed E-state index contributed by atoms with van der Waals surface area (Å²) in [7, 11) is 0. The fourth-order valence-corrected chi connectivity index (χ4v) is 4.85. The second kappa shape index (κ2) is 1.20. The molecule has 0 aromatic rings. The highest BCUT2D eigenvalue weighted by molar-refractivity contribution is 5.41. The Hall–Kier alpha value is -0.0800. The first-order valence-corrected chi connectivity index (χ1v) is 5.23. The Kier molecular flexibility index (Phi) is 0.561. The van der Waals surface area contributed by atoms with Gasteiger partial charge in [-0.2, -0.15) is 0 Å². The van der Waals surface area contributed by atoms with E-state index >= 15 is 0 Å². The maximum Gasteiger partial charge on any atom is 0.129 e. The van der Waals surface area contributed by atoms with E-state index in [0.29, 0.717) is 12.2 Å². The molecular weight excluding hydrogens is 152 g/mol. The molecule has 3 saturated carbocycles. The van der Waals surface area contributed by atoms with Gasteiger partial charge in [0.2, 0.25) is 0 Å². The van der Waals surface area contributed by atoms with E-state index in [1.165, 1.54) is 25.7 Å². The van der Waals surface area contributed by atoms with E-state index in [2.05, 4.69) is 0 Å². The van der Waals surface area contributed by atoms with E-state index < -0.39 is 0 Å². The first-order chi connectivity index (χ1) is 5.88. The fourth-order valence-electron chi connectivity index (χ4n) is 4.85. The Bertz CT molecular complexity index is 274. The summed E-state index contributed by atoms with van der Waals surface area (Å²) in [6.07, 6.45) is 6.69. The molecule has 2 heterocycles. The van der Waals surface area contributed by atoms with E-state index in [1.54, 1.807) is 0 Å². The lowest BCUT2D eigenvalue weighted by Gasteiger charge is -2.24. The van der Waals surface area contributed by atoms with Gasteiger partial charge in [0.25, 0.3) is 0 Å². The second-order valence-electron chi connectivity index (χ2n) is 5.24. The molecule has 5 rings (SSSR count). The van der Waals surface area contributed by atoms with Crippen molar-refractivity contribution in [1.29, 1.82) is 0 Å². The van der Waals surface area contributed by atoms with Crippen molar-refractivity contribution in [2.45, 2.75) is 49.1 Å². The molecule has 5 aliphatic rings. The summed E-state index contributed by atoms with van der Waals surface area (Å²) in [6, 6.07) is 0. The second-order valence-corrected chi connectivity index (χ2v) is 5.24. The molecule has 64 valence electrons. The summed E-state index contributed by atoms with van der Waals surface area (Å²) < 4.78 is 11.8. The Morgan fingerprint density at radius 3 is 2.00 bits per heavy atom. The van der Waals surface area contributed by atoms with Crippen LogP contribution in [-0.4, -0.2) is 23.4 Å². The quantitative estimate of drug-likeness (QED) is 0.501. The summed E-state index contributed by atoms with van der Waals surface area (Å²) in [5, 5.41) is 0. The standard InChI is InChI=1S/C10H12O2/c1-2-6-3-5(1)9-7(11-9)4-8-10(6,9)12-8/h5-8H,1-4H2/t5-,6-,7+,8+,9-,10+/m0/s1. The molecule has 2 spiro atoms. The summed E-state index contributed by atoms with van der Waals surface area (Å²) in [4.78, 5) is 0. The van der Waals surface area contributed by atoms with Gasteiger partial charge < -0.3 is 9.47 Å². The number of fused-ring (bicyclic) bond motifs is 2. The molecule has 5 fully saturated rings. The van der Waals surface area contributed by atoms with Crippen LogP contribution in [0, 0.1) is 11.8 Å². The van der Waals surface area contributed by atoms with Gasteiger partial charge in [0.1, 0.15) is 11.2 Å². The molecular formula is C10H12O2. The van der Waals surface area contributed by atoms with Crippen LogP contribution >= 0.6 is 0 Å². The van der Waals surface area contributed by atoms with Crippen molar-refractivity contribution in [1.82, 2.24) is 0 Å². The number of hydrogen-bond acceptors (Lipinski definition) is 2. The zero-order chi connectivity index (χ0) is 7.55. The molecule has 0 amide bonds. The molecule has 3 aliphatic carbocycles. The lowest BCUT2D eigenvalue weighted by atomic mass is 9.79. The number of rotatable bonds is 0. The average molecular weight is 164 g/mol. The highest BCUT2D eigenvalue weighted by Crippen LogP contribution is 2.80. The molecule has 0 aromatic carbocycles. The number of epoxide rings is 2. The molecule has 2 bridgehead atoms. The highest BCUT2D eigenvalue weighted by Gasteiger charge is 2.93. The first-order valence-electron chi connectivity index (χ1n) is 5.23. The van der Waals surface area contributed by atoms with Crippen molar-refractivity contribution in [2.24, 2.45) is 11.8 Å². The lowest BCUT2D eigenvalue weighted by Crippen LogP contribution is -2.39. The molecule has 2 heteroatoms. The summed E-state index contributed by atoms with van der Waals surface area (Å²) in [5.74, 6) is 1.75. The van der Waals surface area contributed by atoms with E-state index in [-0.39, 0.29) is 11.2 Å². The third kappa shape index (κ3) is 0.293. The van der Waals surface area contributed by atoms with Gasteiger partial charge in [-0.05, 0) is 31.1 Å². The number of ether oxygens (including phenoxy) is 2. The van der Waals surface area contributed by atoms with E-state index in [0.717, 1.165) is 11.8 Å². The van der Waals surface area contributed by atoms with Crippen LogP contribution in [0.25, 0.3) is 0 Å². The molecule has 2 nitrogen and oxygen atoms in total. The molecule has 2 saturated heterocycles. The van der Waals surface area contributed by atoms with Gasteiger partial charge in [0, 0.05) is 6.42 Å². The zero-order valence-corrected chi connectivity index (χ0v) is 6.95. The molecule has 0 unspecified atom stereocenters. The molecule has 6 atom stereocenters. The number of hydrogen-bond donors (Lipinski definition) is 0. The van der Waals surface area contributed by atoms with Crippen LogP contribution in [0.1, 0.15) is 25.7 Å². The smallest absolute Gasteiger partial charge is 0.129 e. The van der Waals surface area contributed by atoms with Gasteiger partial charge in [0.05, 0.1) is 12.2 Å². The Labute approximate surface area is 71.2 Å². The maximum absolute atomic E-state index is 5.92. The van der Waals surface area contributed by atoms with Crippen LogP contribution in [0.3, 0.4) is 0 Å². The predicted octanol–water partition coefficient (Wildman–Crippen LogP) is 1.10. The maximum atomic E-state index is 5.92. The highest BCUT2D eigenvalue weighted by atomic mass is 16.7. The van der Waals surface area contributed by atoms with Crippen LogP contribution in [0.5, 0.6) is 0 Å². The molecule has 0 aromatic heterocycles. The van der Waals surface area contributed by atoms with Crippen molar-refractivity contribution in [3.63, 3.8) is 0 Å². The molecule has 2 aliphatic heterocycles. The first kappa shape index (κ1) is 5.61.